The van der Waals surface area contributed by atoms with Crippen molar-refractivity contribution in [3.63, 3.8) is 0 Å². The van der Waals surface area contributed by atoms with Crippen LogP contribution in [0.25, 0.3) is 111 Å². The zero-order chi connectivity index (χ0) is 37.0. The van der Waals surface area contributed by atoms with Crippen molar-refractivity contribution < 1.29 is 8.83 Å². The smallest absolute Gasteiger partial charge is 0.160 e. The van der Waals surface area contributed by atoms with Crippen LogP contribution in [-0.4, -0.2) is 9.97 Å². The molecule has 0 atom stereocenters. The van der Waals surface area contributed by atoms with Crippen LogP contribution in [0.15, 0.2) is 203 Å². The maximum absolute atomic E-state index is 6.53. The Kier molecular flexibility index (Phi) is 7.46. The number of hydrogen-bond acceptors (Lipinski definition) is 4. The lowest BCUT2D eigenvalue weighted by Crippen LogP contribution is -1.96. The zero-order valence-corrected chi connectivity index (χ0v) is 30.2. The van der Waals surface area contributed by atoms with E-state index in [1.165, 1.54) is 0 Å². The first-order valence-electron chi connectivity index (χ1n) is 18.8. The highest BCUT2D eigenvalue weighted by atomic mass is 16.3. The van der Waals surface area contributed by atoms with E-state index in [0.717, 1.165) is 105 Å². The second kappa shape index (κ2) is 13.1. The summed E-state index contributed by atoms with van der Waals surface area (Å²) in [6.45, 7) is 0. The third kappa shape index (κ3) is 5.55. The SMILES string of the molecule is c1ccc(-c2cc(-c3cc(-c4ccc(-c5ccc6oc7ccccc7c6c5)cc4)nc(-c4ccccc4)n3)cc(-c3cccc4c3oc3ccccc34)c2)cc1. The van der Waals surface area contributed by atoms with Gasteiger partial charge in [0.2, 0.25) is 0 Å². The van der Waals surface area contributed by atoms with Crippen LogP contribution in [0.2, 0.25) is 0 Å². The van der Waals surface area contributed by atoms with Crippen LogP contribution in [0.1, 0.15) is 0 Å². The molecule has 8 aromatic carbocycles. The minimum Gasteiger partial charge on any atom is -0.456 e. The minimum absolute atomic E-state index is 0.672. The molecule has 3 heterocycles. The van der Waals surface area contributed by atoms with Gasteiger partial charge in [-0.15, -0.1) is 0 Å². The molecule has 0 spiro atoms. The zero-order valence-electron chi connectivity index (χ0n) is 30.2. The minimum atomic E-state index is 0.672. The molecule has 0 saturated carbocycles. The molecular weight excluding hydrogens is 685 g/mol. The van der Waals surface area contributed by atoms with Gasteiger partial charge in [0.1, 0.15) is 22.3 Å². The van der Waals surface area contributed by atoms with E-state index in [4.69, 9.17) is 18.8 Å². The van der Waals surface area contributed by atoms with Crippen molar-refractivity contribution in [2.24, 2.45) is 0 Å². The molecule has 0 radical (unpaired) electrons. The Bertz CT molecular complexity index is 3230. The molecule has 0 amide bonds. The van der Waals surface area contributed by atoms with Gasteiger partial charge in [0.05, 0.1) is 11.4 Å². The van der Waals surface area contributed by atoms with E-state index in [9.17, 15) is 0 Å². The molecule has 11 aromatic rings. The number of hydrogen-bond donors (Lipinski definition) is 0. The maximum Gasteiger partial charge on any atom is 0.160 e. The number of fused-ring (bicyclic) bond motifs is 6. The van der Waals surface area contributed by atoms with E-state index in [1.807, 2.05) is 42.5 Å². The summed E-state index contributed by atoms with van der Waals surface area (Å²) in [7, 11) is 0. The van der Waals surface area contributed by atoms with Gasteiger partial charge < -0.3 is 8.83 Å². The molecule has 0 aliphatic carbocycles. The van der Waals surface area contributed by atoms with Crippen molar-refractivity contribution in [2.45, 2.75) is 0 Å². The molecule has 11 rings (SSSR count). The highest BCUT2D eigenvalue weighted by Crippen LogP contribution is 2.40. The lowest BCUT2D eigenvalue weighted by Gasteiger charge is -2.13. The summed E-state index contributed by atoms with van der Waals surface area (Å²) in [5.74, 6) is 0.672. The van der Waals surface area contributed by atoms with Crippen molar-refractivity contribution >= 4 is 43.9 Å². The Morgan fingerprint density at radius 3 is 1.59 bits per heavy atom. The quantitative estimate of drug-likeness (QED) is 0.172. The first-order valence-corrected chi connectivity index (χ1v) is 18.8. The average Bonchev–Trinajstić information content (AvgIpc) is 3.85. The van der Waals surface area contributed by atoms with Crippen molar-refractivity contribution in [1.29, 1.82) is 0 Å². The van der Waals surface area contributed by atoms with Crippen molar-refractivity contribution in [1.82, 2.24) is 9.97 Å². The van der Waals surface area contributed by atoms with E-state index in [2.05, 4.69) is 152 Å². The van der Waals surface area contributed by atoms with Crippen LogP contribution < -0.4 is 0 Å². The molecule has 0 N–H and O–H groups in total. The van der Waals surface area contributed by atoms with Crippen LogP contribution in [0.3, 0.4) is 0 Å². The van der Waals surface area contributed by atoms with Crippen molar-refractivity contribution in [3.05, 3.63) is 194 Å². The summed E-state index contributed by atoms with van der Waals surface area (Å²) in [5.41, 5.74) is 14.8. The molecule has 4 heteroatoms. The van der Waals surface area contributed by atoms with Crippen LogP contribution >= 0.6 is 0 Å². The number of aromatic nitrogens is 2. The number of benzene rings is 8. The predicted molar refractivity (Wildman–Crippen MR) is 229 cm³/mol. The average molecular weight is 717 g/mol. The Morgan fingerprint density at radius 2 is 0.821 bits per heavy atom. The second-order valence-electron chi connectivity index (χ2n) is 14.2. The first-order chi connectivity index (χ1) is 27.7. The van der Waals surface area contributed by atoms with Crippen LogP contribution in [0.4, 0.5) is 0 Å². The van der Waals surface area contributed by atoms with Gasteiger partial charge in [-0.05, 0) is 76.3 Å². The highest BCUT2D eigenvalue weighted by Gasteiger charge is 2.17. The number of para-hydroxylation sites is 3. The van der Waals surface area contributed by atoms with Crippen LogP contribution in [-0.2, 0) is 0 Å². The summed E-state index contributed by atoms with van der Waals surface area (Å²) in [6.07, 6.45) is 0. The van der Waals surface area contributed by atoms with E-state index < -0.39 is 0 Å². The summed E-state index contributed by atoms with van der Waals surface area (Å²) in [6, 6.07) is 67.4. The molecular formula is C52H32N2O2. The molecule has 0 aliphatic heterocycles. The van der Waals surface area contributed by atoms with Gasteiger partial charge >= 0.3 is 0 Å². The lowest BCUT2D eigenvalue weighted by molar-refractivity contribution is 0.669. The van der Waals surface area contributed by atoms with Gasteiger partial charge in [-0.25, -0.2) is 9.97 Å². The third-order valence-corrected chi connectivity index (χ3v) is 10.7. The fraction of sp³-hybridized carbons (Fsp3) is 0. The molecule has 0 unspecified atom stereocenters. The topological polar surface area (TPSA) is 52.1 Å². The molecule has 3 aromatic heterocycles. The van der Waals surface area contributed by atoms with Crippen LogP contribution in [0.5, 0.6) is 0 Å². The lowest BCUT2D eigenvalue weighted by atomic mass is 9.93. The summed E-state index contributed by atoms with van der Waals surface area (Å²) in [4.78, 5) is 10.4. The van der Waals surface area contributed by atoms with E-state index in [-0.39, 0.29) is 0 Å². The molecule has 56 heavy (non-hydrogen) atoms. The molecule has 0 bridgehead atoms. The normalized spacial score (nSPS) is 11.6. The number of rotatable bonds is 6. The summed E-state index contributed by atoms with van der Waals surface area (Å²) >= 11 is 0. The second-order valence-corrected chi connectivity index (χ2v) is 14.2. The Morgan fingerprint density at radius 1 is 0.286 bits per heavy atom. The van der Waals surface area contributed by atoms with Crippen molar-refractivity contribution in [2.75, 3.05) is 0 Å². The Hall–Kier alpha value is -7.56. The van der Waals surface area contributed by atoms with Crippen molar-refractivity contribution in [3.8, 4) is 67.3 Å². The number of furan rings is 2. The van der Waals surface area contributed by atoms with Gasteiger partial charge in [-0.3, -0.25) is 0 Å². The van der Waals surface area contributed by atoms with Crippen LogP contribution in [0, 0.1) is 0 Å². The van der Waals surface area contributed by atoms with Gasteiger partial charge in [0.15, 0.2) is 5.82 Å². The van der Waals surface area contributed by atoms with Gasteiger partial charge in [0.25, 0.3) is 0 Å². The van der Waals surface area contributed by atoms with E-state index in [1.54, 1.807) is 0 Å². The fourth-order valence-corrected chi connectivity index (χ4v) is 7.90. The van der Waals surface area contributed by atoms with E-state index in [0.29, 0.717) is 5.82 Å². The summed E-state index contributed by atoms with van der Waals surface area (Å²) in [5, 5.41) is 4.45. The predicted octanol–water partition coefficient (Wildman–Crippen LogP) is 14.3. The molecule has 4 nitrogen and oxygen atoms in total. The molecule has 262 valence electrons. The molecule has 0 fully saturated rings. The molecule has 0 saturated heterocycles. The van der Waals surface area contributed by atoms with Gasteiger partial charge in [-0.2, -0.15) is 0 Å². The Labute approximate surface area is 323 Å². The fourth-order valence-electron chi connectivity index (χ4n) is 7.90. The monoisotopic (exact) mass is 716 g/mol. The highest BCUT2D eigenvalue weighted by molar-refractivity contribution is 6.10. The van der Waals surface area contributed by atoms with Gasteiger partial charge in [-0.1, -0.05) is 146 Å². The van der Waals surface area contributed by atoms with Gasteiger partial charge in [0, 0.05) is 43.8 Å². The first kappa shape index (κ1) is 31.9. The van der Waals surface area contributed by atoms with E-state index >= 15 is 0 Å². The standard InChI is InChI=1S/C52H32N2O2/c1-3-12-33(13-4-1)38-28-39(41-18-11-19-44-42-16-7-10-21-49(42)56-51(41)44)30-40(29-38)47-32-46(53-52(54-47)36-14-5-2-6-15-36)35-24-22-34(23-25-35)37-26-27-50-45(31-37)43-17-8-9-20-48(43)55-50/h1-32H. The third-order valence-electron chi connectivity index (χ3n) is 10.7. The maximum atomic E-state index is 6.53. The summed E-state index contributed by atoms with van der Waals surface area (Å²) < 4.78 is 12.6. The Balaban J connectivity index is 1.06. The largest absolute Gasteiger partial charge is 0.456 e. The number of nitrogens with zero attached hydrogens (tertiary/aromatic N) is 2. The molecule has 0 aliphatic rings.